The van der Waals surface area contributed by atoms with Crippen molar-refractivity contribution in [1.29, 1.82) is 0 Å². The highest BCUT2D eigenvalue weighted by atomic mass is 19.3. The smallest absolute Gasteiger partial charge is 0.387 e. The number of carbonyl (C=O) groups is 2. The van der Waals surface area contributed by atoms with Crippen LogP contribution in [0.3, 0.4) is 0 Å². The molecule has 0 radical (unpaired) electrons. The highest BCUT2D eigenvalue weighted by molar-refractivity contribution is 5.94. The van der Waals surface area contributed by atoms with E-state index < -0.39 is 25.1 Å². The van der Waals surface area contributed by atoms with Crippen LogP contribution in [0.1, 0.15) is 43.0 Å². The van der Waals surface area contributed by atoms with Gasteiger partial charge in [0.05, 0.1) is 0 Å². The van der Waals surface area contributed by atoms with Crippen LogP contribution in [0.5, 0.6) is 5.75 Å². The summed E-state index contributed by atoms with van der Waals surface area (Å²) in [4.78, 5) is 23.9. The number of alkyl halides is 2. The van der Waals surface area contributed by atoms with Crippen molar-refractivity contribution >= 4 is 11.9 Å². The molecule has 1 amide bonds. The Hall–Kier alpha value is -2.18. The summed E-state index contributed by atoms with van der Waals surface area (Å²) in [6, 6.07) is 5.59. The molecule has 0 unspecified atom stereocenters. The second kappa shape index (κ2) is 8.61. The van der Waals surface area contributed by atoms with Crippen LogP contribution in [0.15, 0.2) is 24.3 Å². The lowest BCUT2D eigenvalue weighted by atomic mass is 9.86. The van der Waals surface area contributed by atoms with Crippen LogP contribution in [0.25, 0.3) is 0 Å². The Morgan fingerprint density at radius 2 is 1.96 bits per heavy atom. The zero-order valence-corrected chi connectivity index (χ0v) is 13.5. The standard InChI is InChI=1S/C17H21F2NO4/c1-11-6-2-4-8-13(11)20-15(21)10-23-16(22)12-7-3-5-9-14(12)24-17(18)19/h3,5,7,9,11,13,17H,2,4,6,8,10H2,1H3,(H,20,21)/t11-,13+/m1/s1. The molecule has 0 saturated heterocycles. The molecular formula is C17H21F2NO4. The number of carbonyl (C=O) groups excluding carboxylic acids is 2. The predicted octanol–water partition coefficient (Wildman–Crippen LogP) is 3.14. The monoisotopic (exact) mass is 341 g/mol. The molecule has 0 bridgehead atoms. The van der Waals surface area contributed by atoms with Gasteiger partial charge in [-0.2, -0.15) is 8.78 Å². The Morgan fingerprint density at radius 3 is 2.67 bits per heavy atom. The third-order valence-corrected chi connectivity index (χ3v) is 4.12. The molecule has 0 heterocycles. The molecule has 1 saturated carbocycles. The fourth-order valence-corrected chi connectivity index (χ4v) is 2.82. The first-order chi connectivity index (χ1) is 11.5. The van der Waals surface area contributed by atoms with Gasteiger partial charge in [0.2, 0.25) is 0 Å². The van der Waals surface area contributed by atoms with Gasteiger partial charge in [-0.3, -0.25) is 4.79 Å². The van der Waals surface area contributed by atoms with Gasteiger partial charge in [-0.05, 0) is 30.9 Å². The minimum absolute atomic E-state index is 0.0828. The zero-order chi connectivity index (χ0) is 17.5. The van der Waals surface area contributed by atoms with E-state index in [2.05, 4.69) is 17.0 Å². The summed E-state index contributed by atoms with van der Waals surface area (Å²) in [5, 5.41) is 2.85. The maximum atomic E-state index is 12.3. The molecule has 1 aliphatic carbocycles. The first-order valence-corrected chi connectivity index (χ1v) is 7.97. The molecule has 1 fully saturated rings. The molecule has 0 aromatic heterocycles. The normalized spacial score (nSPS) is 20.5. The first kappa shape index (κ1) is 18.2. The van der Waals surface area contributed by atoms with Crippen molar-refractivity contribution in [3.05, 3.63) is 29.8 Å². The van der Waals surface area contributed by atoms with E-state index >= 15 is 0 Å². The van der Waals surface area contributed by atoms with E-state index in [1.54, 1.807) is 0 Å². The van der Waals surface area contributed by atoms with Crippen molar-refractivity contribution in [2.45, 2.75) is 45.3 Å². The number of rotatable bonds is 6. The highest BCUT2D eigenvalue weighted by Crippen LogP contribution is 2.24. The third-order valence-electron chi connectivity index (χ3n) is 4.12. The summed E-state index contributed by atoms with van der Waals surface area (Å²) in [7, 11) is 0. The lowest BCUT2D eigenvalue weighted by molar-refractivity contribution is -0.125. The Balaban J connectivity index is 1.87. The van der Waals surface area contributed by atoms with Gasteiger partial charge >= 0.3 is 12.6 Å². The van der Waals surface area contributed by atoms with Crippen LogP contribution in [0.4, 0.5) is 8.78 Å². The fourth-order valence-electron chi connectivity index (χ4n) is 2.82. The number of halogens is 2. The zero-order valence-electron chi connectivity index (χ0n) is 13.5. The van der Waals surface area contributed by atoms with Gasteiger partial charge in [-0.1, -0.05) is 31.9 Å². The molecular weight excluding hydrogens is 320 g/mol. The van der Waals surface area contributed by atoms with Crippen LogP contribution in [-0.4, -0.2) is 31.1 Å². The Bertz CT molecular complexity index is 579. The van der Waals surface area contributed by atoms with Gasteiger partial charge < -0.3 is 14.8 Å². The molecule has 0 spiro atoms. The molecule has 1 aromatic rings. The van der Waals surface area contributed by atoms with Crippen molar-refractivity contribution in [2.24, 2.45) is 5.92 Å². The van der Waals surface area contributed by atoms with Crippen LogP contribution in [0, 0.1) is 5.92 Å². The van der Waals surface area contributed by atoms with Crippen molar-refractivity contribution in [1.82, 2.24) is 5.32 Å². The average Bonchev–Trinajstić information content (AvgIpc) is 2.55. The Morgan fingerprint density at radius 1 is 1.25 bits per heavy atom. The lowest BCUT2D eigenvalue weighted by Gasteiger charge is -2.29. The average molecular weight is 341 g/mol. The molecule has 7 heteroatoms. The quantitative estimate of drug-likeness (QED) is 0.808. The Kier molecular flexibility index (Phi) is 6.52. The van der Waals surface area contributed by atoms with Gasteiger partial charge in [-0.15, -0.1) is 0 Å². The number of esters is 1. The minimum Gasteiger partial charge on any atom is -0.452 e. The van der Waals surface area contributed by atoms with Gasteiger partial charge in [0.15, 0.2) is 6.61 Å². The molecule has 1 N–H and O–H groups in total. The largest absolute Gasteiger partial charge is 0.452 e. The third kappa shape index (κ3) is 5.18. The lowest BCUT2D eigenvalue weighted by Crippen LogP contribution is -2.42. The van der Waals surface area contributed by atoms with E-state index in [0.29, 0.717) is 5.92 Å². The molecule has 24 heavy (non-hydrogen) atoms. The van der Waals surface area contributed by atoms with Crippen LogP contribution in [0.2, 0.25) is 0 Å². The molecule has 132 valence electrons. The number of ether oxygens (including phenoxy) is 2. The molecule has 1 aromatic carbocycles. The molecule has 5 nitrogen and oxygen atoms in total. The van der Waals surface area contributed by atoms with Gasteiger partial charge in [0.25, 0.3) is 5.91 Å². The summed E-state index contributed by atoms with van der Waals surface area (Å²) < 4.78 is 33.9. The highest BCUT2D eigenvalue weighted by Gasteiger charge is 2.23. The van der Waals surface area contributed by atoms with Gasteiger partial charge in [-0.25, -0.2) is 4.79 Å². The Labute approximate surface area is 139 Å². The first-order valence-electron chi connectivity index (χ1n) is 7.97. The number of benzene rings is 1. The number of nitrogens with one attached hydrogen (secondary N) is 1. The van der Waals surface area contributed by atoms with E-state index in [1.165, 1.54) is 24.3 Å². The number of amides is 1. The van der Waals surface area contributed by atoms with E-state index in [9.17, 15) is 18.4 Å². The van der Waals surface area contributed by atoms with Crippen molar-refractivity contribution in [3.63, 3.8) is 0 Å². The number of hydrogen-bond acceptors (Lipinski definition) is 4. The fraction of sp³-hybridized carbons (Fsp3) is 0.529. The SMILES string of the molecule is C[C@@H]1CCCC[C@@H]1NC(=O)COC(=O)c1ccccc1OC(F)F. The van der Waals surface area contributed by atoms with Crippen LogP contribution in [-0.2, 0) is 9.53 Å². The minimum atomic E-state index is -3.05. The van der Waals surface area contributed by atoms with E-state index in [0.717, 1.165) is 25.7 Å². The predicted molar refractivity (Wildman–Crippen MR) is 82.9 cm³/mol. The van der Waals surface area contributed by atoms with Gasteiger partial charge in [0, 0.05) is 6.04 Å². The maximum absolute atomic E-state index is 12.3. The van der Waals surface area contributed by atoms with Crippen molar-refractivity contribution in [2.75, 3.05) is 6.61 Å². The molecule has 0 aliphatic heterocycles. The van der Waals surface area contributed by atoms with Crippen molar-refractivity contribution < 1.29 is 27.8 Å². The number of hydrogen-bond donors (Lipinski definition) is 1. The topological polar surface area (TPSA) is 64.6 Å². The summed E-state index contributed by atoms with van der Waals surface area (Å²) in [6.45, 7) is -1.42. The molecule has 1 aliphatic rings. The van der Waals surface area contributed by atoms with E-state index in [4.69, 9.17) is 4.74 Å². The number of para-hydroxylation sites is 1. The summed E-state index contributed by atoms with van der Waals surface area (Å²) in [5.41, 5.74) is -0.142. The second-order valence-electron chi connectivity index (χ2n) is 5.89. The maximum Gasteiger partial charge on any atom is 0.387 e. The van der Waals surface area contributed by atoms with Crippen molar-refractivity contribution in [3.8, 4) is 5.75 Å². The summed E-state index contributed by atoms with van der Waals surface area (Å²) >= 11 is 0. The van der Waals surface area contributed by atoms with E-state index in [-0.39, 0.29) is 17.4 Å². The van der Waals surface area contributed by atoms with Gasteiger partial charge in [0.1, 0.15) is 11.3 Å². The van der Waals surface area contributed by atoms with E-state index in [1.807, 2.05) is 0 Å². The second-order valence-corrected chi connectivity index (χ2v) is 5.89. The molecule has 2 atom stereocenters. The van der Waals surface area contributed by atoms with Crippen LogP contribution >= 0.6 is 0 Å². The molecule has 2 rings (SSSR count). The van der Waals surface area contributed by atoms with Crippen LogP contribution < -0.4 is 10.1 Å². The summed E-state index contributed by atoms with van der Waals surface area (Å²) in [5.74, 6) is -1.16. The summed E-state index contributed by atoms with van der Waals surface area (Å²) in [6.07, 6.45) is 4.19.